The molecule has 4 nitrogen and oxygen atoms in total. The van der Waals surface area contributed by atoms with Crippen LogP contribution in [0.4, 0.5) is 0 Å². The minimum absolute atomic E-state index is 0.0589. The van der Waals surface area contributed by atoms with Gasteiger partial charge in [-0.25, -0.2) is 0 Å². The zero-order chi connectivity index (χ0) is 14.8. The molecule has 0 aromatic rings. The Balaban J connectivity index is 2.13. The second-order valence-corrected chi connectivity index (χ2v) is 7.28. The Morgan fingerprint density at radius 3 is 2.60 bits per heavy atom. The van der Waals surface area contributed by atoms with Crippen LogP contribution in [0.1, 0.15) is 47.0 Å². The second-order valence-electron chi connectivity index (χ2n) is 7.28. The first-order valence-corrected chi connectivity index (χ1v) is 8.26. The molecule has 2 aliphatic heterocycles. The van der Waals surface area contributed by atoms with Gasteiger partial charge in [0.15, 0.2) is 0 Å². The molecule has 2 fully saturated rings. The Bertz CT molecular complexity index is 321. The predicted octanol–water partition coefficient (Wildman–Crippen LogP) is 1.69. The third kappa shape index (κ3) is 3.53. The van der Waals surface area contributed by atoms with Crippen molar-refractivity contribution in [3.63, 3.8) is 0 Å². The van der Waals surface area contributed by atoms with Crippen LogP contribution in [0.3, 0.4) is 0 Å². The van der Waals surface area contributed by atoms with E-state index < -0.39 is 0 Å². The first kappa shape index (κ1) is 16.2. The lowest BCUT2D eigenvalue weighted by Crippen LogP contribution is -2.63. The molecule has 2 saturated heterocycles. The van der Waals surface area contributed by atoms with E-state index in [0.717, 1.165) is 26.2 Å². The standard InChI is InChI=1S/C16H33N3O/c1-5-18-9-6-7-16(12-17,8-10-18)19-11-14(2)20-15(3,4)13-19/h14H,5-13,17H2,1-4H3. The maximum absolute atomic E-state index is 6.26. The Morgan fingerprint density at radius 2 is 2.00 bits per heavy atom. The first-order chi connectivity index (χ1) is 9.41. The van der Waals surface area contributed by atoms with Crippen LogP contribution < -0.4 is 5.73 Å². The van der Waals surface area contributed by atoms with Gasteiger partial charge in [0.2, 0.25) is 0 Å². The number of likely N-dealkylation sites (tertiary alicyclic amines) is 1. The fourth-order valence-corrected chi connectivity index (χ4v) is 4.02. The van der Waals surface area contributed by atoms with Crippen molar-refractivity contribution in [2.75, 3.05) is 39.3 Å². The Hall–Kier alpha value is -0.160. The number of nitrogens with two attached hydrogens (primary N) is 1. The third-order valence-corrected chi connectivity index (χ3v) is 5.08. The molecule has 4 heteroatoms. The van der Waals surface area contributed by atoms with Gasteiger partial charge in [-0.1, -0.05) is 6.92 Å². The summed E-state index contributed by atoms with van der Waals surface area (Å²) in [5.74, 6) is 0. The van der Waals surface area contributed by atoms with E-state index in [1.807, 2.05) is 0 Å². The third-order valence-electron chi connectivity index (χ3n) is 5.08. The summed E-state index contributed by atoms with van der Waals surface area (Å²) in [6.45, 7) is 15.2. The van der Waals surface area contributed by atoms with E-state index in [0.29, 0.717) is 6.10 Å². The van der Waals surface area contributed by atoms with Crippen molar-refractivity contribution in [2.24, 2.45) is 5.73 Å². The number of hydrogen-bond acceptors (Lipinski definition) is 4. The molecular formula is C16H33N3O. The summed E-state index contributed by atoms with van der Waals surface area (Å²) in [5, 5.41) is 0. The highest BCUT2D eigenvalue weighted by Gasteiger charge is 2.43. The van der Waals surface area contributed by atoms with E-state index in [1.165, 1.54) is 32.4 Å². The first-order valence-electron chi connectivity index (χ1n) is 8.26. The molecule has 0 aliphatic carbocycles. The van der Waals surface area contributed by atoms with E-state index in [1.54, 1.807) is 0 Å². The number of morpholine rings is 1. The monoisotopic (exact) mass is 283 g/mol. The van der Waals surface area contributed by atoms with Crippen LogP contribution in [0.5, 0.6) is 0 Å². The van der Waals surface area contributed by atoms with E-state index >= 15 is 0 Å². The van der Waals surface area contributed by atoms with Crippen molar-refractivity contribution in [2.45, 2.75) is 64.2 Å². The highest BCUT2D eigenvalue weighted by atomic mass is 16.5. The molecule has 0 aromatic heterocycles. The van der Waals surface area contributed by atoms with E-state index in [9.17, 15) is 0 Å². The molecule has 0 aromatic carbocycles. The minimum Gasteiger partial charge on any atom is -0.370 e. The lowest BCUT2D eigenvalue weighted by molar-refractivity contribution is -0.154. The average molecular weight is 283 g/mol. The van der Waals surface area contributed by atoms with Gasteiger partial charge < -0.3 is 15.4 Å². The molecule has 2 rings (SSSR count). The van der Waals surface area contributed by atoms with Crippen LogP contribution in [0.25, 0.3) is 0 Å². The lowest BCUT2D eigenvalue weighted by Gasteiger charge is -2.51. The van der Waals surface area contributed by atoms with Crippen molar-refractivity contribution in [1.82, 2.24) is 9.80 Å². The normalized spacial score (nSPS) is 36.8. The van der Waals surface area contributed by atoms with Crippen molar-refractivity contribution in [3.8, 4) is 0 Å². The average Bonchev–Trinajstić information content (AvgIpc) is 2.59. The molecule has 0 bridgehead atoms. The molecule has 20 heavy (non-hydrogen) atoms. The van der Waals surface area contributed by atoms with Gasteiger partial charge >= 0.3 is 0 Å². The van der Waals surface area contributed by atoms with E-state index in [2.05, 4.69) is 37.5 Å². The predicted molar refractivity (Wildman–Crippen MR) is 83.9 cm³/mol. The fraction of sp³-hybridized carbons (Fsp3) is 1.00. The van der Waals surface area contributed by atoms with E-state index in [-0.39, 0.29) is 11.1 Å². The van der Waals surface area contributed by atoms with Crippen LogP contribution in [0.2, 0.25) is 0 Å². The molecule has 0 saturated carbocycles. The fourth-order valence-electron chi connectivity index (χ4n) is 4.02. The van der Waals surface area contributed by atoms with Crippen molar-refractivity contribution < 1.29 is 4.74 Å². The van der Waals surface area contributed by atoms with Gasteiger partial charge in [0.1, 0.15) is 0 Å². The Kier molecular flexibility index (Phi) is 5.11. The Labute approximate surface area is 124 Å². The smallest absolute Gasteiger partial charge is 0.0757 e. The number of nitrogens with zero attached hydrogens (tertiary/aromatic N) is 2. The van der Waals surface area contributed by atoms with E-state index in [4.69, 9.17) is 10.5 Å². The molecule has 2 N–H and O–H groups in total. The molecule has 2 aliphatic rings. The second kappa shape index (κ2) is 6.30. The molecule has 2 atom stereocenters. The maximum Gasteiger partial charge on any atom is 0.0757 e. The van der Waals surface area contributed by atoms with Crippen LogP contribution in [0.15, 0.2) is 0 Å². The molecule has 2 heterocycles. The summed E-state index contributed by atoms with van der Waals surface area (Å²) in [6.07, 6.45) is 3.98. The van der Waals surface area contributed by atoms with Crippen LogP contribution >= 0.6 is 0 Å². The van der Waals surface area contributed by atoms with Gasteiger partial charge in [0.25, 0.3) is 0 Å². The highest BCUT2D eigenvalue weighted by Crippen LogP contribution is 2.33. The quantitative estimate of drug-likeness (QED) is 0.856. The molecule has 0 amide bonds. The Morgan fingerprint density at radius 1 is 1.25 bits per heavy atom. The summed E-state index contributed by atoms with van der Waals surface area (Å²) in [4.78, 5) is 5.20. The molecule has 118 valence electrons. The van der Waals surface area contributed by atoms with Crippen molar-refractivity contribution in [1.29, 1.82) is 0 Å². The number of ether oxygens (including phenoxy) is 1. The topological polar surface area (TPSA) is 41.7 Å². The molecule has 2 unspecified atom stereocenters. The van der Waals surface area contributed by atoms with Crippen molar-refractivity contribution >= 4 is 0 Å². The van der Waals surface area contributed by atoms with Gasteiger partial charge in [-0.05, 0) is 59.7 Å². The lowest BCUT2D eigenvalue weighted by atomic mass is 9.86. The summed E-state index contributed by atoms with van der Waals surface area (Å²) in [5.41, 5.74) is 6.38. The summed E-state index contributed by atoms with van der Waals surface area (Å²) in [6, 6.07) is 0. The largest absolute Gasteiger partial charge is 0.370 e. The van der Waals surface area contributed by atoms with Gasteiger partial charge in [-0.3, -0.25) is 4.90 Å². The highest BCUT2D eigenvalue weighted by molar-refractivity contribution is 4.99. The summed E-state index contributed by atoms with van der Waals surface area (Å²) < 4.78 is 6.06. The zero-order valence-corrected chi connectivity index (χ0v) is 13.8. The molecule has 0 radical (unpaired) electrons. The zero-order valence-electron chi connectivity index (χ0n) is 13.8. The number of rotatable bonds is 3. The molecular weight excluding hydrogens is 250 g/mol. The number of hydrogen-bond donors (Lipinski definition) is 1. The van der Waals surface area contributed by atoms with Gasteiger partial charge in [-0.15, -0.1) is 0 Å². The maximum atomic E-state index is 6.26. The SMILES string of the molecule is CCN1CCCC(CN)(N2CC(C)OC(C)(C)C2)CC1. The van der Waals surface area contributed by atoms with Crippen LogP contribution in [-0.2, 0) is 4.74 Å². The van der Waals surface area contributed by atoms with Gasteiger partial charge in [0.05, 0.1) is 11.7 Å². The summed E-state index contributed by atoms with van der Waals surface area (Å²) >= 11 is 0. The van der Waals surface area contributed by atoms with Crippen molar-refractivity contribution in [3.05, 3.63) is 0 Å². The van der Waals surface area contributed by atoms with Crippen LogP contribution in [-0.4, -0.2) is 66.3 Å². The summed E-state index contributed by atoms with van der Waals surface area (Å²) in [7, 11) is 0. The molecule has 0 spiro atoms. The van der Waals surface area contributed by atoms with Crippen LogP contribution in [0, 0.1) is 0 Å². The van der Waals surface area contributed by atoms with Gasteiger partial charge in [0, 0.05) is 25.2 Å². The van der Waals surface area contributed by atoms with Gasteiger partial charge in [-0.2, -0.15) is 0 Å². The minimum atomic E-state index is -0.0589.